The minimum atomic E-state index is -4.42. The van der Waals surface area contributed by atoms with Crippen molar-refractivity contribution in [2.45, 2.75) is 25.6 Å². The van der Waals surface area contributed by atoms with Crippen molar-refractivity contribution < 1.29 is 13.2 Å². The number of nitrogens with zero attached hydrogens (tertiary/aromatic N) is 1. The molecule has 0 saturated carbocycles. The summed E-state index contributed by atoms with van der Waals surface area (Å²) in [5, 5.41) is 0. The zero-order valence-electron chi connectivity index (χ0n) is 7.02. The molecule has 0 bridgehead atoms. The third kappa shape index (κ3) is 2.21. The smallest absolute Gasteiger partial charge is 0.341 e. The monoisotopic (exact) mass is 193 g/mol. The summed E-state index contributed by atoms with van der Waals surface area (Å²) < 4.78 is 36.1. The van der Waals surface area contributed by atoms with Crippen LogP contribution in [0.25, 0.3) is 0 Å². The van der Waals surface area contributed by atoms with E-state index in [9.17, 15) is 13.2 Å². The highest BCUT2D eigenvalue weighted by atomic mass is 19.4. The predicted octanol–water partition coefficient (Wildman–Crippen LogP) is 1.84. The van der Waals surface area contributed by atoms with Crippen LogP contribution in [0.15, 0.2) is 6.20 Å². The summed E-state index contributed by atoms with van der Waals surface area (Å²) in [6.07, 6.45) is -2.68. The number of halogens is 3. The molecule has 3 N–H and O–H groups in total. The van der Waals surface area contributed by atoms with E-state index in [1.807, 2.05) is 4.98 Å². The summed E-state index contributed by atoms with van der Waals surface area (Å²) in [6.45, 7) is 1.78. The number of imidazole rings is 1. The van der Waals surface area contributed by atoms with Gasteiger partial charge in [0.2, 0.25) is 5.82 Å². The molecule has 1 atom stereocenters. The first kappa shape index (κ1) is 10.0. The third-order valence-electron chi connectivity index (χ3n) is 1.69. The number of aromatic nitrogens is 2. The number of alkyl halides is 3. The number of rotatable bonds is 2. The van der Waals surface area contributed by atoms with E-state index in [-0.39, 0.29) is 5.69 Å². The second kappa shape index (κ2) is 3.37. The summed E-state index contributed by atoms with van der Waals surface area (Å²) in [7, 11) is 0. The van der Waals surface area contributed by atoms with Crippen molar-refractivity contribution >= 4 is 0 Å². The Morgan fingerprint density at radius 3 is 2.62 bits per heavy atom. The maximum Gasteiger partial charge on any atom is 0.449 e. The van der Waals surface area contributed by atoms with E-state index in [4.69, 9.17) is 5.73 Å². The number of hydrogen-bond donors (Lipinski definition) is 2. The van der Waals surface area contributed by atoms with Crippen LogP contribution in [0, 0.1) is 0 Å². The van der Waals surface area contributed by atoms with Gasteiger partial charge < -0.3 is 10.7 Å². The molecule has 0 amide bonds. The van der Waals surface area contributed by atoms with Crippen LogP contribution in [0.5, 0.6) is 0 Å². The minimum absolute atomic E-state index is 0.245. The minimum Gasteiger partial charge on any atom is -0.341 e. The molecule has 0 fully saturated rings. The third-order valence-corrected chi connectivity index (χ3v) is 1.69. The first-order chi connectivity index (χ1) is 5.95. The molecule has 74 valence electrons. The highest BCUT2D eigenvalue weighted by Crippen LogP contribution is 2.27. The van der Waals surface area contributed by atoms with Crippen LogP contribution in [0.1, 0.15) is 30.9 Å². The lowest BCUT2D eigenvalue weighted by Crippen LogP contribution is -2.11. The molecule has 0 aromatic carbocycles. The summed E-state index contributed by atoms with van der Waals surface area (Å²) in [6, 6.07) is -0.438. The Morgan fingerprint density at radius 2 is 2.23 bits per heavy atom. The average molecular weight is 193 g/mol. The largest absolute Gasteiger partial charge is 0.449 e. The number of nitrogens with two attached hydrogens (primary N) is 1. The zero-order valence-corrected chi connectivity index (χ0v) is 7.02. The molecule has 0 radical (unpaired) electrons. The van der Waals surface area contributed by atoms with E-state index in [0.29, 0.717) is 6.42 Å². The van der Waals surface area contributed by atoms with Gasteiger partial charge in [0.05, 0.1) is 5.69 Å². The fourth-order valence-electron chi connectivity index (χ4n) is 0.880. The van der Waals surface area contributed by atoms with Gasteiger partial charge in [-0.3, -0.25) is 0 Å². The first-order valence-electron chi connectivity index (χ1n) is 3.83. The molecule has 0 aliphatic carbocycles. The molecule has 1 rings (SSSR count). The Balaban J connectivity index is 2.87. The molecule has 0 unspecified atom stereocenters. The summed E-state index contributed by atoms with van der Waals surface area (Å²) in [5.74, 6) is -0.994. The molecule has 0 aliphatic heterocycles. The van der Waals surface area contributed by atoms with Crippen LogP contribution < -0.4 is 5.73 Å². The number of aromatic amines is 1. The van der Waals surface area contributed by atoms with Gasteiger partial charge in [-0.05, 0) is 6.42 Å². The van der Waals surface area contributed by atoms with E-state index in [1.54, 1.807) is 6.92 Å². The van der Waals surface area contributed by atoms with Crippen molar-refractivity contribution in [1.29, 1.82) is 0 Å². The molecule has 3 nitrogen and oxygen atoms in total. The van der Waals surface area contributed by atoms with E-state index >= 15 is 0 Å². The maximum atomic E-state index is 12.0. The van der Waals surface area contributed by atoms with Gasteiger partial charge in [0.25, 0.3) is 0 Å². The van der Waals surface area contributed by atoms with Gasteiger partial charge in [-0.2, -0.15) is 13.2 Å². The van der Waals surface area contributed by atoms with E-state index in [0.717, 1.165) is 0 Å². The van der Waals surface area contributed by atoms with Crippen LogP contribution in [-0.4, -0.2) is 9.97 Å². The second-order valence-electron chi connectivity index (χ2n) is 2.69. The second-order valence-corrected chi connectivity index (χ2v) is 2.69. The first-order valence-corrected chi connectivity index (χ1v) is 3.83. The zero-order chi connectivity index (χ0) is 10.1. The summed E-state index contributed by atoms with van der Waals surface area (Å²) in [5.41, 5.74) is 5.75. The normalized spacial score (nSPS) is 14.5. The number of nitrogens with one attached hydrogen (secondary N) is 1. The Morgan fingerprint density at radius 1 is 1.62 bits per heavy atom. The van der Waals surface area contributed by atoms with E-state index < -0.39 is 18.0 Å². The number of H-pyrrole nitrogens is 1. The van der Waals surface area contributed by atoms with Gasteiger partial charge in [-0.1, -0.05) is 6.92 Å². The van der Waals surface area contributed by atoms with Gasteiger partial charge in [-0.25, -0.2) is 4.98 Å². The number of hydrogen-bond acceptors (Lipinski definition) is 2. The predicted molar refractivity (Wildman–Crippen MR) is 40.8 cm³/mol. The Bertz CT molecular complexity index is 279. The topological polar surface area (TPSA) is 54.7 Å². The van der Waals surface area contributed by atoms with Gasteiger partial charge in [0.1, 0.15) is 0 Å². The molecular formula is C7H10F3N3. The molecule has 0 aliphatic rings. The van der Waals surface area contributed by atoms with E-state index in [1.165, 1.54) is 6.20 Å². The van der Waals surface area contributed by atoms with Crippen molar-refractivity contribution in [1.82, 2.24) is 9.97 Å². The molecule has 0 spiro atoms. The molecule has 1 aromatic rings. The molecule has 1 heterocycles. The van der Waals surface area contributed by atoms with Gasteiger partial charge in [0, 0.05) is 12.2 Å². The van der Waals surface area contributed by atoms with Crippen LogP contribution in [-0.2, 0) is 6.18 Å². The highest BCUT2D eigenvalue weighted by molar-refractivity contribution is 5.07. The fourth-order valence-corrected chi connectivity index (χ4v) is 0.880. The van der Waals surface area contributed by atoms with E-state index in [2.05, 4.69) is 4.98 Å². The van der Waals surface area contributed by atoms with Crippen molar-refractivity contribution in [3.8, 4) is 0 Å². The molecule has 13 heavy (non-hydrogen) atoms. The standard InChI is InChI=1S/C7H10F3N3/c1-2-4(11)5-3-12-6(13-5)7(8,9)10/h3-4H,2,11H2,1H3,(H,12,13)/t4-/m1/s1. The van der Waals surface area contributed by atoms with Gasteiger partial charge in [-0.15, -0.1) is 0 Å². The average Bonchev–Trinajstić information content (AvgIpc) is 2.50. The molecular weight excluding hydrogens is 183 g/mol. The highest BCUT2D eigenvalue weighted by Gasteiger charge is 2.34. The fraction of sp³-hybridized carbons (Fsp3) is 0.571. The van der Waals surface area contributed by atoms with Gasteiger partial charge in [0.15, 0.2) is 0 Å². The molecule has 1 aromatic heterocycles. The molecule has 6 heteroatoms. The van der Waals surface area contributed by atoms with Crippen molar-refractivity contribution in [2.24, 2.45) is 5.73 Å². The Hall–Kier alpha value is -1.04. The maximum absolute atomic E-state index is 12.0. The van der Waals surface area contributed by atoms with Crippen LogP contribution in [0.4, 0.5) is 13.2 Å². The van der Waals surface area contributed by atoms with Crippen molar-refractivity contribution in [2.75, 3.05) is 0 Å². The van der Waals surface area contributed by atoms with Crippen molar-refractivity contribution in [3.05, 3.63) is 17.7 Å². The Kier molecular flexibility index (Phi) is 2.60. The van der Waals surface area contributed by atoms with Gasteiger partial charge >= 0.3 is 6.18 Å². The summed E-state index contributed by atoms with van der Waals surface area (Å²) in [4.78, 5) is 5.39. The Labute approximate surface area is 73.2 Å². The van der Waals surface area contributed by atoms with Crippen molar-refractivity contribution in [3.63, 3.8) is 0 Å². The lowest BCUT2D eigenvalue weighted by molar-refractivity contribution is -0.144. The quantitative estimate of drug-likeness (QED) is 0.752. The summed E-state index contributed by atoms with van der Waals surface area (Å²) >= 11 is 0. The van der Waals surface area contributed by atoms with Crippen LogP contribution >= 0.6 is 0 Å². The van der Waals surface area contributed by atoms with Crippen LogP contribution in [0.3, 0.4) is 0 Å². The lowest BCUT2D eigenvalue weighted by atomic mass is 10.2. The SMILES string of the molecule is CC[C@@H](N)c1c[nH]c(C(F)(F)F)n1. The van der Waals surface area contributed by atoms with Crippen LogP contribution in [0.2, 0.25) is 0 Å². The molecule has 0 saturated heterocycles. The lowest BCUT2D eigenvalue weighted by Gasteiger charge is -2.03.